The number of halogens is 4. The van der Waals surface area contributed by atoms with Gasteiger partial charge in [-0.1, -0.05) is 23.7 Å². The van der Waals surface area contributed by atoms with Crippen LogP contribution in [0.2, 0.25) is 5.02 Å². The number of carbonyl (C=O) groups is 2. The first-order valence-corrected chi connectivity index (χ1v) is 14.0. The average Bonchev–Trinajstić information content (AvgIpc) is 3.36. The molecule has 1 unspecified atom stereocenters. The number of rotatable bonds is 10. The third kappa shape index (κ3) is 7.16. The lowest BCUT2D eigenvalue weighted by Gasteiger charge is -2.35. The molecule has 1 aromatic heterocycles. The van der Waals surface area contributed by atoms with Crippen LogP contribution in [0.5, 0.6) is 11.5 Å². The number of methoxy groups -OCH3 is 1. The van der Waals surface area contributed by atoms with E-state index in [0.717, 1.165) is 5.69 Å². The van der Waals surface area contributed by atoms with E-state index in [1.54, 1.807) is 43.3 Å². The molecule has 5 rings (SSSR count). The van der Waals surface area contributed by atoms with Crippen molar-refractivity contribution in [2.75, 3.05) is 24.4 Å². The van der Waals surface area contributed by atoms with Gasteiger partial charge >= 0.3 is 12.3 Å². The predicted molar refractivity (Wildman–Crippen MR) is 157 cm³/mol. The third-order valence-electron chi connectivity index (χ3n) is 7.17. The summed E-state index contributed by atoms with van der Waals surface area (Å²) in [5, 5.41) is 7.71. The average molecular weight is 616 g/mol. The maximum absolute atomic E-state index is 14.0. The van der Waals surface area contributed by atoms with Crippen LogP contribution in [-0.4, -0.2) is 42.6 Å². The summed E-state index contributed by atoms with van der Waals surface area (Å²) in [5.74, 6) is -0.710. The molecule has 4 aromatic rings. The van der Waals surface area contributed by atoms with E-state index in [0.29, 0.717) is 46.9 Å². The SMILES string of the molecule is CCOC(=O)C1CC(Nc2cc(NC(C(=O)n3ccc4ccc(OC(F)(F)F)cc43)c3ccc(Cl)cc3)cc(OC)c2)C1. The fourth-order valence-electron chi connectivity index (χ4n) is 5.05. The van der Waals surface area contributed by atoms with E-state index >= 15 is 0 Å². The van der Waals surface area contributed by atoms with Crippen molar-refractivity contribution < 1.29 is 37.0 Å². The fraction of sp³-hybridized carbons (Fsp3) is 0.290. The van der Waals surface area contributed by atoms with Gasteiger partial charge in [0.1, 0.15) is 17.5 Å². The number of hydrogen-bond acceptors (Lipinski definition) is 7. The Kier molecular flexibility index (Phi) is 8.72. The first-order valence-electron chi connectivity index (χ1n) is 13.6. The van der Waals surface area contributed by atoms with E-state index in [1.807, 2.05) is 12.1 Å². The van der Waals surface area contributed by atoms with Crippen LogP contribution in [0.25, 0.3) is 10.9 Å². The molecule has 0 amide bonds. The van der Waals surface area contributed by atoms with Gasteiger partial charge in [-0.3, -0.25) is 14.2 Å². The van der Waals surface area contributed by atoms with Crippen molar-refractivity contribution in [3.8, 4) is 11.5 Å². The number of alkyl halides is 3. The molecule has 43 heavy (non-hydrogen) atoms. The van der Waals surface area contributed by atoms with Crippen molar-refractivity contribution in [1.82, 2.24) is 4.57 Å². The number of nitrogens with zero attached hydrogens (tertiary/aromatic N) is 1. The Labute approximate surface area is 250 Å². The molecule has 3 aromatic carbocycles. The highest BCUT2D eigenvalue weighted by Crippen LogP contribution is 2.35. The van der Waals surface area contributed by atoms with E-state index in [2.05, 4.69) is 15.4 Å². The highest BCUT2D eigenvalue weighted by atomic mass is 35.5. The molecule has 2 N–H and O–H groups in total. The summed E-state index contributed by atoms with van der Waals surface area (Å²) in [6.07, 6.45) is -2.11. The summed E-state index contributed by atoms with van der Waals surface area (Å²) in [6.45, 7) is 2.12. The van der Waals surface area contributed by atoms with E-state index < -0.39 is 24.1 Å². The smallest absolute Gasteiger partial charge is 0.497 e. The zero-order valence-corrected chi connectivity index (χ0v) is 24.0. The van der Waals surface area contributed by atoms with Gasteiger partial charge in [-0.05, 0) is 61.7 Å². The monoisotopic (exact) mass is 615 g/mol. The number of aromatic nitrogens is 1. The molecule has 1 aliphatic carbocycles. The number of benzene rings is 3. The second-order valence-corrected chi connectivity index (χ2v) is 10.6. The van der Waals surface area contributed by atoms with Crippen LogP contribution >= 0.6 is 11.6 Å². The lowest BCUT2D eigenvalue weighted by atomic mass is 9.80. The van der Waals surface area contributed by atoms with Crippen molar-refractivity contribution in [2.24, 2.45) is 5.92 Å². The van der Waals surface area contributed by atoms with Crippen LogP contribution in [-0.2, 0) is 9.53 Å². The minimum Gasteiger partial charge on any atom is -0.497 e. The second-order valence-electron chi connectivity index (χ2n) is 10.1. The van der Waals surface area contributed by atoms with Crippen LogP contribution in [0, 0.1) is 5.92 Å². The standard InChI is InChI=1S/C31H29ClF3N3O5/c1-3-42-30(40)20-12-22(13-20)36-23-14-24(16-26(15-23)41-2)37-28(19-4-7-21(32)8-5-19)29(39)38-11-10-18-6-9-25(17-27(18)38)43-31(33,34)35/h4-11,14-17,20,22,28,36-37H,3,12-13H2,1-2H3. The van der Waals surface area contributed by atoms with Crippen molar-refractivity contribution in [3.05, 3.63) is 83.5 Å². The minimum atomic E-state index is -4.88. The Morgan fingerprint density at radius 3 is 2.40 bits per heavy atom. The van der Waals surface area contributed by atoms with E-state index in [-0.39, 0.29) is 23.4 Å². The molecule has 1 saturated carbocycles. The molecule has 0 radical (unpaired) electrons. The molecule has 1 heterocycles. The Morgan fingerprint density at radius 2 is 1.72 bits per heavy atom. The molecule has 0 bridgehead atoms. The van der Waals surface area contributed by atoms with Gasteiger partial charge in [0, 0.05) is 52.2 Å². The largest absolute Gasteiger partial charge is 0.573 e. The Morgan fingerprint density at radius 1 is 1.00 bits per heavy atom. The fourth-order valence-corrected chi connectivity index (χ4v) is 5.18. The molecular formula is C31H29ClF3N3O5. The van der Waals surface area contributed by atoms with Crippen molar-refractivity contribution in [2.45, 2.75) is 38.2 Å². The van der Waals surface area contributed by atoms with Gasteiger partial charge in [-0.2, -0.15) is 0 Å². The van der Waals surface area contributed by atoms with E-state index in [9.17, 15) is 22.8 Å². The van der Waals surface area contributed by atoms with Crippen molar-refractivity contribution in [3.63, 3.8) is 0 Å². The van der Waals surface area contributed by atoms with Gasteiger partial charge in [-0.25, -0.2) is 0 Å². The van der Waals surface area contributed by atoms with Crippen LogP contribution in [0.3, 0.4) is 0 Å². The van der Waals surface area contributed by atoms with Crippen LogP contribution in [0.4, 0.5) is 24.5 Å². The van der Waals surface area contributed by atoms with E-state index in [4.69, 9.17) is 21.1 Å². The number of hydrogen-bond donors (Lipinski definition) is 2. The molecule has 1 atom stereocenters. The van der Waals surface area contributed by atoms with E-state index in [1.165, 1.54) is 36.1 Å². The molecule has 1 fully saturated rings. The zero-order chi connectivity index (χ0) is 30.7. The number of ether oxygens (including phenoxy) is 3. The van der Waals surface area contributed by atoms with Gasteiger partial charge in [0.25, 0.3) is 5.91 Å². The number of carbonyl (C=O) groups excluding carboxylic acids is 2. The minimum absolute atomic E-state index is 0.0578. The van der Waals surface area contributed by atoms with Crippen LogP contribution in [0.15, 0.2) is 72.9 Å². The molecule has 0 aliphatic heterocycles. The summed E-state index contributed by atoms with van der Waals surface area (Å²) < 4.78 is 54.6. The molecular weight excluding hydrogens is 587 g/mol. The highest BCUT2D eigenvalue weighted by molar-refractivity contribution is 6.30. The first-order chi connectivity index (χ1) is 20.5. The molecule has 8 nitrogen and oxygen atoms in total. The Hall–Kier alpha value is -4.38. The summed E-state index contributed by atoms with van der Waals surface area (Å²) >= 11 is 6.11. The predicted octanol–water partition coefficient (Wildman–Crippen LogP) is 7.45. The van der Waals surface area contributed by atoms with Gasteiger partial charge in [-0.15, -0.1) is 13.2 Å². The molecule has 1 aliphatic rings. The molecule has 226 valence electrons. The summed E-state index contributed by atoms with van der Waals surface area (Å²) in [4.78, 5) is 26.0. The van der Waals surface area contributed by atoms with Crippen molar-refractivity contribution in [1.29, 1.82) is 0 Å². The normalized spacial score (nSPS) is 17.1. The maximum Gasteiger partial charge on any atom is 0.573 e. The van der Waals surface area contributed by atoms with Gasteiger partial charge in [0.2, 0.25) is 0 Å². The van der Waals surface area contributed by atoms with Gasteiger partial charge < -0.3 is 24.8 Å². The van der Waals surface area contributed by atoms with Crippen LogP contribution in [0.1, 0.15) is 36.2 Å². The topological polar surface area (TPSA) is 90.8 Å². The second kappa shape index (κ2) is 12.5. The Bertz CT molecular complexity index is 1620. The molecule has 0 saturated heterocycles. The first kappa shape index (κ1) is 30.1. The number of fused-ring (bicyclic) bond motifs is 1. The third-order valence-corrected chi connectivity index (χ3v) is 7.42. The van der Waals surface area contributed by atoms with Crippen LogP contribution < -0.4 is 20.1 Å². The highest BCUT2D eigenvalue weighted by Gasteiger charge is 2.36. The van der Waals surface area contributed by atoms with Gasteiger partial charge in [0.05, 0.1) is 25.2 Å². The number of esters is 1. The molecule has 0 spiro atoms. The van der Waals surface area contributed by atoms with Gasteiger partial charge in [0.15, 0.2) is 0 Å². The van der Waals surface area contributed by atoms with Crippen molar-refractivity contribution >= 4 is 45.8 Å². The lowest BCUT2D eigenvalue weighted by molar-refractivity contribution is -0.274. The number of nitrogens with one attached hydrogen (secondary N) is 2. The number of anilines is 2. The Balaban J connectivity index is 1.43. The zero-order valence-electron chi connectivity index (χ0n) is 23.3. The lowest BCUT2D eigenvalue weighted by Crippen LogP contribution is -2.40. The summed E-state index contributed by atoms with van der Waals surface area (Å²) in [7, 11) is 1.53. The summed E-state index contributed by atoms with van der Waals surface area (Å²) in [5.41, 5.74) is 2.10. The maximum atomic E-state index is 14.0. The summed E-state index contributed by atoms with van der Waals surface area (Å²) in [6, 6.07) is 16.6. The molecule has 12 heteroatoms. The quantitative estimate of drug-likeness (QED) is 0.179.